The molecule has 2 heterocycles. The molecule has 0 saturated carbocycles. The summed E-state index contributed by atoms with van der Waals surface area (Å²) < 4.78 is 17.4. The van der Waals surface area contributed by atoms with Crippen molar-refractivity contribution >= 4 is 22.4 Å². The lowest BCUT2D eigenvalue weighted by Crippen LogP contribution is -2.26. The number of rotatable bonds is 3. The predicted molar refractivity (Wildman–Crippen MR) is 117 cm³/mol. The van der Waals surface area contributed by atoms with Gasteiger partial charge in [-0.25, -0.2) is 0 Å². The first-order valence-corrected chi connectivity index (χ1v) is 10.3. The van der Waals surface area contributed by atoms with E-state index in [0.29, 0.717) is 18.8 Å². The van der Waals surface area contributed by atoms with Crippen molar-refractivity contribution in [3.05, 3.63) is 59.7 Å². The number of anilines is 1. The van der Waals surface area contributed by atoms with Gasteiger partial charge in [0.25, 0.3) is 0 Å². The van der Waals surface area contributed by atoms with E-state index in [0.717, 1.165) is 45.5 Å². The summed E-state index contributed by atoms with van der Waals surface area (Å²) in [6.07, 6.45) is 1.42. The lowest BCUT2D eigenvalue weighted by Gasteiger charge is -2.26. The van der Waals surface area contributed by atoms with Crippen molar-refractivity contribution in [2.24, 2.45) is 0 Å². The Morgan fingerprint density at radius 3 is 2.67 bits per heavy atom. The third-order valence-electron chi connectivity index (χ3n) is 5.85. The van der Waals surface area contributed by atoms with Crippen LogP contribution in [0.2, 0.25) is 0 Å². The van der Waals surface area contributed by atoms with Crippen molar-refractivity contribution in [1.29, 1.82) is 0 Å². The highest BCUT2D eigenvalue weighted by Gasteiger charge is 2.34. The van der Waals surface area contributed by atoms with Crippen LogP contribution in [0.4, 0.5) is 5.69 Å². The normalized spacial score (nSPS) is 18.7. The smallest absolute Gasteiger partial charge is 0.232 e. The lowest BCUT2D eigenvalue weighted by molar-refractivity contribution is -0.118. The zero-order valence-electron chi connectivity index (χ0n) is 17.5. The van der Waals surface area contributed by atoms with Crippen molar-refractivity contribution in [2.75, 3.05) is 19.0 Å². The van der Waals surface area contributed by atoms with Gasteiger partial charge in [0.05, 0.1) is 19.6 Å². The number of ether oxygens (including phenoxy) is 3. The summed E-state index contributed by atoms with van der Waals surface area (Å²) in [5.41, 5.74) is 2.44. The maximum absolute atomic E-state index is 13.3. The molecule has 0 spiro atoms. The van der Waals surface area contributed by atoms with Crippen LogP contribution in [0.3, 0.4) is 0 Å². The third kappa shape index (κ3) is 3.24. The van der Waals surface area contributed by atoms with Crippen molar-refractivity contribution in [3.8, 4) is 17.2 Å². The molecule has 2 aliphatic rings. The summed E-state index contributed by atoms with van der Waals surface area (Å²) in [5.74, 6) is 1.91. The Bertz CT molecular complexity index is 1150. The second-order valence-electron chi connectivity index (χ2n) is 8.62. The van der Waals surface area contributed by atoms with E-state index in [1.165, 1.54) is 0 Å². The van der Waals surface area contributed by atoms with Crippen LogP contribution in [0.5, 0.6) is 17.2 Å². The topological polar surface area (TPSA) is 56.8 Å². The Balaban J connectivity index is 1.45. The molecule has 30 heavy (non-hydrogen) atoms. The zero-order chi connectivity index (χ0) is 20.9. The second-order valence-corrected chi connectivity index (χ2v) is 8.62. The summed E-state index contributed by atoms with van der Waals surface area (Å²) in [4.78, 5) is 13.3. The van der Waals surface area contributed by atoms with Gasteiger partial charge in [0.1, 0.15) is 11.4 Å². The molecule has 1 N–H and O–H groups in total. The van der Waals surface area contributed by atoms with E-state index in [-0.39, 0.29) is 17.4 Å². The van der Waals surface area contributed by atoms with E-state index in [4.69, 9.17) is 14.2 Å². The van der Waals surface area contributed by atoms with Gasteiger partial charge < -0.3 is 19.5 Å². The minimum absolute atomic E-state index is 0.0324. The van der Waals surface area contributed by atoms with Gasteiger partial charge in [0.15, 0.2) is 11.5 Å². The van der Waals surface area contributed by atoms with Crippen LogP contribution in [-0.4, -0.2) is 25.2 Å². The number of amides is 1. The first kappa shape index (κ1) is 18.8. The molecule has 3 aromatic rings. The molecular formula is C25H25NO4. The summed E-state index contributed by atoms with van der Waals surface area (Å²) in [5, 5.41) is 5.33. The van der Waals surface area contributed by atoms with Crippen molar-refractivity contribution in [1.82, 2.24) is 0 Å². The first-order chi connectivity index (χ1) is 14.4. The Morgan fingerprint density at radius 1 is 1.13 bits per heavy atom. The van der Waals surface area contributed by atoms with Gasteiger partial charge in [0.2, 0.25) is 5.91 Å². The summed E-state index contributed by atoms with van der Waals surface area (Å²) in [6.45, 7) is 4.63. The molecule has 1 unspecified atom stereocenters. The Labute approximate surface area is 175 Å². The lowest BCUT2D eigenvalue weighted by atomic mass is 9.90. The molecule has 154 valence electrons. The highest BCUT2D eigenvalue weighted by molar-refractivity contribution is 5.98. The fourth-order valence-electron chi connectivity index (χ4n) is 4.48. The highest BCUT2D eigenvalue weighted by Crippen LogP contribution is 2.44. The fraction of sp³-hybridized carbons (Fsp3) is 0.320. The molecule has 2 aliphatic heterocycles. The number of methoxy groups -OCH3 is 1. The molecule has 0 fully saturated rings. The van der Waals surface area contributed by atoms with E-state index < -0.39 is 0 Å². The van der Waals surface area contributed by atoms with Gasteiger partial charge in [-0.1, -0.05) is 24.3 Å². The van der Waals surface area contributed by atoms with Crippen molar-refractivity contribution < 1.29 is 19.0 Å². The largest absolute Gasteiger partial charge is 0.493 e. The van der Waals surface area contributed by atoms with Gasteiger partial charge in [0, 0.05) is 29.3 Å². The fourth-order valence-corrected chi connectivity index (χ4v) is 4.48. The molecule has 5 rings (SSSR count). The molecule has 1 amide bonds. The minimum Gasteiger partial charge on any atom is -0.493 e. The monoisotopic (exact) mass is 403 g/mol. The minimum atomic E-state index is -0.279. The number of carbonyl (C=O) groups excluding carboxylic acids is 1. The van der Waals surface area contributed by atoms with Crippen molar-refractivity contribution in [3.63, 3.8) is 0 Å². The van der Waals surface area contributed by atoms with Gasteiger partial charge >= 0.3 is 0 Å². The Hall–Kier alpha value is -3.21. The van der Waals surface area contributed by atoms with E-state index in [1.807, 2.05) is 44.2 Å². The number of hydrogen-bond acceptors (Lipinski definition) is 4. The Kier molecular flexibility index (Phi) is 4.35. The zero-order valence-corrected chi connectivity index (χ0v) is 17.5. The summed E-state index contributed by atoms with van der Waals surface area (Å²) >= 11 is 0. The van der Waals surface area contributed by atoms with Crippen LogP contribution >= 0.6 is 0 Å². The number of nitrogens with one attached hydrogen (secondary N) is 1. The molecule has 5 heteroatoms. The average Bonchev–Trinajstić information content (AvgIpc) is 3.04. The van der Waals surface area contributed by atoms with Crippen molar-refractivity contribution in [2.45, 2.75) is 38.2 Å². The number of benzene rings is 3. The van der Waals surface area contributed by atoms with Gasteiger partial charge in [-0.2, -0.15) is 0 Å². The van der Waals surface area contributed by atoms with E-state index in [1.54, 1.807) is 7.11 Å². The van der Waals surface area contributed by atoms with Gasteiger partial charge in [-0.15, -0.1) is 0 Å². The van der Waals surface area contributed by atoms with Crippen LogP contribution in [-0.2, 0) is 11.2 Å². The first-order valence-electron chi connectivity index (χ1n) is 10.3. The molecule has 3 aromatic carbocycles. The quantitative estimate of drug-likeness (QED) is 0.664. The van der Waals surface area contributed by atoms with Crippen LogP contribution in [0.25, 0.3) is 10.8 Å². The number of carbonyl (C=O) groups is 1. The molecule has 0 bridgehead atoms. The van der Waals surface area contributed by atoms with Gasteiger partial charge in [-0.3, -0.25) is 4.79 Å². The molecule has 0 radical (unpaired) electrons. The van der Waals surface area contributed by atoms with Crippen LogP contribution < -0.4 is 19.5 Å². The van der Waals surface area contributed by atoms with Crippen LogP contribution in [0.15, 0.2) is 48.5 Å². The molecule has 0 aliphatic carbocycles. The third-order valence-corrected chi connectivity index (χ3v) is 5.85. The van der Waals surface area contributed by atoms with Crippen LogP contribution in [0, 0.1) is 0 Å². The highest BCUT2D eigenvalue weighted by atomic mass is 16.5. The van der Waals surface area contributed by atoms with Gasteiger partial charge in [-0.05, 0) is 49.2 Å². The molecule has 0 saturated heterocycles. The maximum atomic E-state index is 13.3. The molecule has 5 nitrogen and oxygen atoms in total. The van der Waals surface area contributed by atoms with Crippen LogP contribution in [0.1, 0.15) is 37.3 Å². The Morgan fingerprint density at radius 2 is 1.90 bits per heavy atom. The van der Waals surface area contributed by atoms with E-state index in [9.17, 15) is 4.79 Å². The number of hydrogen-bond donors (Lipinski definition) is 1. The number of fused-ring (bicyclic) bond motifs is 3. The summed E-state index contributed by atoms with van der Waals surface area (Å²) in [6, 6.07) is 16.1. The molecular weight excluding hydrogens is 378 g/mol. The standard InChI is InChI=1S/C25H25NO4/c1-25(2)14-17-10-18(13-22(28-3)23(17)30-25)26-24(27)19-8-9-29-21-12-16-7-5-4-6-15(16)11-20(19)21/h4-7,10-13,19H,8-9,14H2,1-3H3,(H,26,27). The average molecular weight is 403 g/mol. The predicted octanol–water partition coefficient (Wildman–Crippen LogP) is 5.07. The van der Waals surface area contributed by atoms with E-state index >= 15 is 0 Å². The SMILES string of the molecule is COc1cc(NC(=O)C2CCOc3cc4ccccc4cc32)cc2c1OC(C)(C)C2. The van der Waals surface area contributed by atoms with E-state index in [2.05, 4.69) is 23.5 Å². The second kappa shape index (κ2) is 6.94. The molecule has 1 atom stereocenters. The summed E-state index contributed by atoms with van der Waals surface area (Å²) in [7, 11) is 1.62. The maximum Gasteiger partial charge on any atom is 0.232 e. The molecule has 0 aromatic heterocycles.